The van der Waals surface area contributed by atoms with Crippen LogP contribution in [0.5, 0.6) is 0 Å². The number of benzene rings is 2. The Morgan fingerprint density at radius 2 is 1.67 bits per heavy atom. The zero-order chi connectivity index (χ0) is 25.7. The Balaban J connectivity index is 1.68. The molecule has 4 rings (SSSR count). The predicted molar refractivity (Wildman–Crippen MR) is 135 cm³/mol. The summed E-state index contributed by atoms with van der Waals surface area (Å²) in [6.45, 7) is 3.87. The zero-order valence-electron chi connectivity index (χ0n) is 20.7. The van der Waals surface area contributed by atoms with Gasteiger partial charge in [-0.1, -0.05) is 79.7 Å². The van der Waals surface area contributed by atoms with Gasteiger partial charge in [0, 0.05) is 12.5 Å². The second-order valence-corrected chi connectivity index (χ2v) is 9.54. The van der Waals surface area contributed by atoms with E-state index in [9.17, 15) is 19.5 Å². The van der Waals surface area contributed by atoms with Gasteiger partial charge in [-0.3, -0.25) is 14.4 Å². The van der Waals surface area contributed by atoms with E-state index in [0.29, 0.717) is 13.0 Å². The molecule has 7 heteroatoms. The van der Waals surface area contributed by atoms with Crippen LogP contribution in [0.3, 0.4) is 0 Å². The van der Waals surface area contributed by atoms with Crippen LogP contribution in [0.25, 0.3) is 0 Å². The molecule has 6 atom stereocenters. The molecule has 0 aromatic heterocycles. The number of fused-ring (bicyclic) bond motifs is 1. The number of aliphatic hydroxyl groups excluding tert-OH is 1. The number of likely N-dealkylation sites (tertiary alicyclic amines) is 1. The molecule has 2 aliphatic rings. The number of nitrogens with zero attached hydrogens (tertiary/aromatic N) is 1. The lowest BCUT2D eigenvalue weighted by Gasteiger charge is -2.33. The van der Waals surface area contributed by atoms with E-state index in [1.165, 1.54) is 4.90 Å². The van der Waals surface area contributed by atoms with E-state index in [1.807, 2.05) is 79.7 Å². The maximum atomic E-state index is 14.0. The van der Waals surface area contributed by atoms with Gasteiger partial charge in [0.1, 0.15) is 6.04 Å². The molecule has 1 fully saturated rings. The molecule has 1 aliphatic carbocycles. The molecule has 2 aromatic rings. The van der Waals surface area contributed by atoms with Crippen molar-refractivity contribution in [1.82, 2.24) is 10.2 Å². The summed E-state index contributed by atoms with van der Waals surface area (Å²) in [5, 5.41) is 13.4. The molecule has 190 valence electrons. The average molecular weight is 491 g/mol. The summed E-state index contributed by atoms with van der Waals surface area (Å²) in [4.78, 5) is 42.1. The first-order valence-electron chi connectivity index (χ1n) is 12.6. The van der Waals surface area contributed by atoms with Gasteiger partial charge in [0.05, 0.1) is 31.1 Å². The molecule has 0 unspecified atom stereocenters. The van der Waals surface area contributed by atoms with Crippen LogP contribution < -0.4 is 5.32 Å². The minimum Gasteiger partial charge on any atom is -0.466 e. The average Bonchev–Trinajstić information content (AvgIpc) is 3.19. The second-order valence-electron chi connectivity index (χ2n) is 9.54. The van der Waals surface area contributed by atoms with E-state index in [0.717, 1.165) is 11.1 Å². The Morgan fingerprint density at radius 3 is 2.28 bits per heavy atom. The van der Waals surface area contributed by atoms with E-state index < -0.39 is 35.8 Å². The number of carbonyl (C=O) groups is 3. The van der Waals surface area contributed by atoms with Gasteiger partial charge in [0.25, 0.3) is 0 Å². The van der Waals surface area contributed by atoms with E-state index in [-0.39, 0.29) is 30.9 Å². The van der Waals surface area contributed by atoms with Gasteiger partial charge in [-0.15, -0.1) is 0 Å². The summed E-state index contributed by atoms with van der Waals surface area (Å²) in [6.07, 6.45) is 4.20. The fraction of sp³-hybridized carbons (Fsp3) is 0.414. The third-order valence-electron chi connectivity index (χ3n) is 7.26. The van der Waals surface area contributed by atoms with Gasteiger partial charge in [-0.2, -0.15) is 0 Å². The van der Waals surface area contributed by atoms with Crippen LogP contribution in [-0.4, -0.2) is 53.1 Å². The van der Waals surface area contributed by atoms with E-state index in [4.69, 9.17) is 4.74 Å². The number of rotatable bonds is 9. The van der Waals surface area contributed by atoms with Gasteiger partial charge in [-0.25, -0.2) is 0 Å². The first-order valence-corrected chi connectivity index (χ1v) is 12.6. The van der Waals surface area contributed by atoms with Crippen LogP contribution in [0, 0.1) is 23.7 Å². The Morgan fingerprint density at radius 1 is 1.03 bits per heavy atom. The fourth-order valence-electron chi connectivity index (χ4n) is 5.56. The largest absolute Gasteiger partial charge is 0.466 e. The molecule has 0 spiro atoms. The lowest BCUT2D eigenvalue weighted by molar-refractivity contribution is -0.155. The number of aliphatic hydroxyl groups is 1. The summed E-state index contributed by atoms with van der Waals surface area (Å²) in [7, 11) is 0. The lowest BCUT2D eigenvalue weighted by atomic mass is 9.70. The van der Waals surface area contributed by atoms with Crippen LogP contribution in [0.2, 0.25) is 0 Å². The monoisotopic (exact) mass is 490 g/mol. The number of amides is 2. The summed E-state index contributed by atoms with van der Waals surface area (Å²) in [5.74, 6) is -3.12. The Kier molecular flexibility index (Phi) is 8.21. The summed E-state index contributed by atoms with van der Waals surface area (Å²) >= 11 is 0. The Labute approximate surface area is 212 Å². The molecule has 7 nitrogen and oxygen atoms in total. The van der Waals surface area contributed by atoms with E-state index in [2.05, 4.69) is 5.32 Å². The van der Waals surface area contributed by atoms with Crippen molar-refractivity contribution in [3.05, 3.63) is 83.9 Å². The predicted octanol–water partition coefficient (Wildman–Crippen LogP) is 2.73. The second kappa shape index (κ2) is 11.5. The van der Waals surface area contributed by atoms with Crippen molar-refractivity contribution >= 4 is 17.8 Å². The van der Waals surface area contributed by atoms with E-state index >= 15 is 0 Å². The molecule has 0 radical (unpaired) electrons. The highest BCUT2D eigenvalue weighted by molar-refractivity contribution is 5.96. The van der Waals surface area contributed by atoms with Crippen molar-refractivity contribution in [3.63, 3.8) is 0 Å². The summed E-state index contributed by atoms with van der Waals surface area (Å²) < 4.78 is 5.33. The Bertz CT molecular complexity index is 1090. The van der Waals surface area contributed by atoms with E-state index in [1.54, 1.807) is 6.92 Å². The van der Waals surface area contributed by atoms with Crippen LogP contribution in [0.4, 0.5) is 0 Å². The maximum absolute atomic E-state index is 14.0. The number of nitrogens with one attached hydrogen (secondary N) is 1. The SMILES string of the molecule is CCOC(=O)[C@H]1[C@@H]2C(=O)N([C@@H](CO)Cc3ccccc3)[C@H](C(=O)NCc3ccccc3)[C@H]2C=C[C@H]1C. The molecule has 2 aromatic carbocycles. The number of hydrogen-bond donors (Lipinski definition) is 2. The molecule has 0 saturated carbocycles. The van der Waals surface area contributed by atoms with Crippen molar-refractivity contribution < 1.29 is 24.2 Å². The molecular weight excluding hydrogens is 456 g/mol. The highest BCUT2D eigenvalue weighted by atomic mass is 16.5. The lowest BCUT2D eigenvalue weighted by Crippen LogP contribution is -2.52. The molecule has 36 heavy (non-hydrogen) atoms. The van der Waals surface area contributed by atoms with Gasteiger partial charge < -0.3 is 20.1 Å². The van der Waals surface area contributed by atoms with Gasteiger partial charge in [0.2, 0.25) is 11.8 Å². The fourth-order valence-corrected chi connectivity index (χ4v) is 5.56. The first kappa shape index (κ1) is 25.6. The highest BCUT2D eigenvalue weighted by Gasteiger charge is 2.58. The number of carbonyl (C=O) groups excluding carboxylic acids is 3. The summed E-state index contributed by atoms with van der Waals surface area (Å²) in [5.41, 5.74) is 1.90. The quantitative estimate of drug-likeness (QED) is 0.416. The third-order valence-corrected chi connectivity index (χ3v) is 7.26. The van der Waals surface area contributed by atoms with Gasteiger partial charge in [0.15, 0.2) is 0 Å². The Hall–Kier alpha value is -3.45. The smallest absolute Gasteiger partial charge is 0.310 e. The van der Waals surface area contributed by atoms with Crippen LogP contribution in [-0.2, 0) is 32.1 Å². The van der Waals surface area contributed by atoms with Crippen LogP contribution in [0.1, 0.15) is 25.0 Å². The molecule has 2 amide bonds. The number of ether oxygens (including phenoxy) is 1. The van der Waals surface area contributed by atoms with Crippen LogP contribution >= 0.6 is 0 Å². The summed E-state index contributed by atoms with van der Waals surface area (Å²) in [6, 6.07) is 17.7. The maximum Gasteiger partial charge on any atom is 0.310 e. The normalized spacial score (nSPS) is 25.8. The minimum atomic E-state index is -0.840. The molecule has 2 N–H and O–H groups in total. The first-order chi connectivity index (χ1) is 17.5. The van der Waals surface area contributed by atoms with Crippen molar-refractivity contribution in [2.45, 2.75) is 38.9 Å². The van der Waals surface area contributed by atoms with Crippen molar-refractivity contribution in [2.75, 3.05) is 13.2 Å². The minimum absolute atomic E-state index is 0.205. The van der Waals surface area contributed by atoms with Crippen molar-refractivity contribution in [3.8, 4) is 0 Å². The number of allylic oxidation sites excluding steroid dienone is 1. The highest BCUT2D eigenvalue weighted by Crippen LogP contribution is 2.45. The third kappa shape index (κ3) is 5.21. The molecular formula is C29H34N2O5. The standard InChI is InChI=1S/C29H34N2O5/c1-3-36-29(35)24-19(2)14-15-23-25(24)28(34)31(22(18-32)16-20-10-6-4-7-11-20)26(23)27(33)30-17-21-12-8-5-9-13-21/h4-15,19,22-26,32H,3,16-18H2,1-2H3,(H,30,33)/t19-,22-,23+,24-,25-,26+/m1/s1. The van der Waals surface area contributed by atoms with Crippen molar-refractivity contribution in [1.29, 1.82) is 0 Å². The van der Waals surface area contributed by atoms with Gasteiger partial charge >= 0.3 is 5.97 Å². The topological polar surface area (TPSA) is 95.9 Å². The van der Waals surface area contributed by atoms with Gasteiger partial charge in [-0.05, 0) is 30.4 Å². The molecule has 1 heterocycles. The number of hydrogen-bond acceptors (Lipinski definition) is 5. The van der Waals surface area contributed by atoms with Crippen molar-refractivity contribution in [2.24, 2.45) is 23.7 Å². The molecule has 1 aliphatic heterocycles. The van der Waals surface area contributed by atoms with Crippen LogP contribution in [0.15, 0.2) is 72.8 Å². The molecule has 1 saturated heterocycles. The zero-order valence-corrected chi connectivity index (χ0v) is 20.7. The molecule has 0 bridgehead atoms. The number of esters is 1.